The van der Waals surface area contributed by atoms with Crippen molar-refractivity contribution < 1.29 is 9.59 Å². The van der Waals surface area contributed by atoms with Gasteiger partial charge in [-0.25, -0.2) is 0 Å². The molecule has 0 radical (unpaired) electrons. The van der Waals surface area contributed by atoms with E-state index in [0.717, 1.165) is 22.4 Å². The minimum atomic E-state index is 0.250. The Labute approximate surface area is 117 Å². The summed E-state index contributed by atoms with van der Waals surface area (Å²) in [6.45, 7) is 1.98. The SMILES string of the molecule is Cc1cc(-c2ccc(/C=C\C#N)cc2)ccn1.O=C=O. The van der Waals surface area contributed by atoms with Crippen molar-refractivity contribution >= 4 is 12.2 Å². The van der Waals surface area contributed by atoms with Gasteiger partial charge in [0.1, 0.15) is 0 Å². The third-order valence-electron chi connectivity index (χ3n) is 2.49. The molecule has 0 saturated carbocycles. The molecule has 0 aliphatic rings. The second kappa shape index (κ2) is 8.15. The molecule has 20 heavy (non-hydrogen) atoms. The van der Waals surface area contributed by atoms with Crippen molar-refractivity contribution in [3.8, 4) is 17.2 Å². The largest absolute Gasteiger partial charge is 0.373 e. The second-order valence-corrected chi connectivity index (χ2v) is 3.85. The first kappa shape index (κ1) is 15.0. The number of rotatable bonds is 2. The van der Waals surface area contributed by atoms with E-state index in [0.29, 0.717) is 0 Å². The monoisotopic (exact) mass is 264 g/mol. The van der Waals surface area contributed by atoms with Gasteiger partial charge >= 0.3 is 6.15 Å². The molecule has 0 fully saturated rings. The van der Waals surface area contributed by atoms with E-state index in [9.17, 15) is 0 Å². The highest BCUT2D eigenvalue weighted by atomic mass is 16.2. The van der Waals surface area contributed by atoms with Crippen LogP contribution < -0.4 is 0 Å². The van der Waals surface area contributed by atoms with Crippen LogP contribution in [0.15, 0.2) is 48.7 Å². The summed E-state index contributed by atoms with van der Waals surface area (Å²) in [4.78, 5) is 20.4. The number of hydrogen-bond acceptors (Lipinski definition) is 4. The number of nitriles is 1. The van der Waals surface area contributed by atoms with Crippen molar-refractivity contribution in [1.82, 2.24) is 4.98 Å². The summed E-state index contributed by atoms with van der Waals surface area (Å²) in [6.07, 6.45) is 5.33. The molecule has 0 saturated heterocycles. The normalized spacial score (nSPS) is 9.20. The van der Waals surface area contributed by atoms with Crippen LogP contribution >= 0.6 is 0 Å². The van der Waals surface area contributed by atoms with Crippen LogP contribution in [-0.4, -0.2) is 11.1 Å². The lowest BCUT2D eigenvalue weighted by Gasteiger charge is -2.02. The maximum absolute atomic E-state index is 8.45. The van der Waals surface area contributed by atoms with Crippen LogP contribution in [0.5, 0.6) is 0 Å². The van der Waals surface area contributed by atoms with E-state index in [1.165, 1.54) is 6.08 Å². The maximum Gasteiger partial charge on any atom is 0.373 e. The van der Waals surface area contributed by atoms with Crippen molar-refractivity contribution in [3.05, 3.63) is 59.9 Å². The average molecular weight is 264 g/mol. The Morgan fingerprint density at radius 1 is 1.10 bits per heavy atom. The molecular formula is C16H12N2O2. The molecule has 0 bridgehead atoms. The summed E-state index contributed by atoms with van der Waals surface area (Å²) in [6, 6.07) is 14.1. The summed E-state index contributed by atoms with van der Waals surface area (Å²) < 4.78 is 0. The highest BCUT2D eigenvalue weighted by Crippen LogP contribution is 2.20. The van der Waals surface area contributed by atoms with Gasteiger partial charge in [-0.15, -0.1) is 0 Å². The molecule has 0 N–H and O–H groups in total. The maximum atomic E-state index is 8.45. The van der Waals surface area contributed by atoms with Gasteiger partial charge in [-0.1, -0.05) is 24.3 Å². The van der Waals surface area contributed by atoms with E-state index in [-0.39, 0.29) is 6.15 Å². The fourth-order valence-corrected chi connectivity index (χ4v) is 1.65. The van der Waals surface area contributed by atoms with Crippen LogP contribution in [0, 0.1) is 18.3 Å². The molecule has 4 nitrogen and oxygen atoms in total. The van der Waals surface area contributed by atoms with Crippen LogP contribution in [0.3, 0.4) is 0 Å². The van der Waals surface area contributed by atoms with Gasteiger partial charge < -0.3 is 0 Å². The number of pyridine rings is 1. The molecule has 1 aromatic heterocycles. The van der Waals surface area contributed by atoms with Gasteiger partial charge in [0, 0.05) is 18.0 Å². The molecule has 0 aliphatic heterocycles. The van der Waals surface area contributed by atoms with Gasteiger partial charge in [0.05, 0.1) is 6.07 Å². The molecule has 0 amide bonds. The van der Waals surface area contributed by atoms with Crippen molar-refractivity contribution in [2.45, 2.75) is 6.92 Å². The summed E-state index contributed by atoms with van der Waals surface area (Å²) in [5, 5.41) is 8.45. The first-order valence-electron chi connectivity index (χ1n) is 5.80. The number of nitrogens with zero attached hydrogens (tertiary/aromatic N) is 2. The summed E-state index contributed by atoms with van der Waals surface area (Å²) >= 11 is 0. The molecule has 1 aromatic carbocycles. The lowest BCUT2D eigenvalue weighted by atomic mass is 10.0. The van der Waals surface area contributed by atoms with E-state index in [4.69, 9.17) is 14.9 Å². The van der Waals surface area contributed by atoms with Crippen molar-refractivity contribution in [2.24, 2.45) is 0 Å². The van der Waals surface area contributed by atoms with Crippen LogP contribution in [0.1, 0.15) is 11.3 Å². The number of aromatic nitrogens is 1. The first-order chi connectivity index (χ1) is 9.71. The predicted octanol–water partition coefficient (Wildman–Crippen LogP) is 3.01. The topological polar surface area (TPSA) is 70.8 Å². The van der Waals surface area contributed by atoms with Crippen LogP contribution in [-0.2, 0) is 9.59 Å². The van der Waals surface area contributed by atoms with Gasteiger partial charge in [-0.2, -0.15) is 14.9 Å². The number of benzene rings is 1. The van der Waals surface area contributed by atoms with Gasteiger partial charge in [-0.05, 0) is 41.8 Å². The van der Waals surface area contributed by atoms with E-state index in [1.807, 2.05) is 49.5 Å². The van der Waals surface area contributed by atoms with Gasteiger partial charge in [0.25, 0.3) is 0 Å². The van der Waals surface area contributed by atoms with Crippen LogP contribution in [0.25, 0.3) is 17.2 Å². The van der Waals surface area contributed by atoms with E-state index < -0.39 is 0 Å². The summed E-state index contributed by atoms with van der Waals surface area (Å²) in [5.74, 6) is 0. The second-order valence-electron chi connectivity index (χ2n) is 3.85. The highest BCUT2D eigenvalue weighted by molar-refractivity contribution is 5.65. The Bertz CT molecular complexity index is 662. The van der Waals surface area contributed by atoms with Crippen LogP contribution in [0.4, 0.5) is 0 Å². The third-order valence-corrected chi connectivity index (χ3v) is 2.49. The highest BCUT2D eigenvalue weighted by Gasteiger charge is 1.97. The van der Waals surface area contributed by atoms with Crippen molar-refractivity contribution in [1.29, 1.82) is 5.26 Å². The smallest absolute Gasteiger partial charge is 0.262 e. The Balaban J connectivity index is 0.000000612. The van der Waals surface area contributed by atoms with Crippen molar-refractivity contribution in [3.63, 3.8) is 0 Å². The zero-order chi connectivity index (χ0) is 14.8. The molecule has 0 aliphatic carbocycles. The zero-order valence-electron chi connectivity index (χ0n) is 10.9. The fourth-order valence-electron chi connectivity index (χ4n) is 1.65. The van der Waals surface area contributed by atoms with E-state index in [2.05, 4.69) is 11.1 Å². The predicted molar refractivity (Wildman–Crippen MR) is 74.1 cm³/mol. The number of allylic oxidation sites excluding steroid dienone is 1. The van der Waals surface area contributed by atoms with Gasteiger partial charge in [-0.3, -0.25) is 4.98 Å². The molecule has 0 unspecified atom stereocenters. The lowest BCUT2D eigenvalue weighted by molar-refractivity contribution is -0.191. The molecule has 1 heterocycles. The minimum absolute atomic E-state index is 0.250. The molecule has 4 heteroatoms. The van der Waals surface area contributed by atoms with Gasteiger partial charge in [0.2, 0.25) is 0 Å². The molecule has 98 valence electrons. The Morgan fingerprint density at radius 3 is 2.30 bits per heavy atom. The fraction of sp³-hybridized carbons (Fsp3) is 0.0625. The average Bonchev–Trinajstić information content (AvgIpc) is 2.46. The number of hydrogen-bond donors (Lipinski definition) is 0. The summed E-state index contributed by atoms with van der Waals surface area (Å²) in [5.41, 5.74) is 4.36. The third kappa shape index (κ3) is 4.69. The molecule has 0 spiro atoms. The Morgan fingerprint density at radius 2 is 1.75 bits per heavy atom. The zero-order valence-corrected chi connectivity index (χ0v) is 10.9. The standard InChI is InChI=1S/C15H12N2.CO2/c1-12-11-15(8-10-17-12)14-6-4-13(5-7-14)3-2-9-16;2-1-3/h2-8,10-11H,1H3;/b3-2-;. The Hall–Kier alpha value is -3.02. The molecule has 2 aromatic rings. The van der Waals surface area contributed by atoms with E-state index >= 15 is 0 Å². The molecule has 0 atom stereocenters. The van der Waals surface area contributed by atoms with Crippen LogP contribution in [0.2, 0.25) is 0 Å². The summed E-state index contributed by atoms with van der Waals surface area (Å²) in [7, 11) is 0. The van der Waals surface area contributed by atoms with Gasteiger partial charge in [0.15, 0.2) is 0 Å². The quantitative estimate of drug-likeness (QED) is 0.782. The Kier molecular flexibility index (Phi) is 6.13. The van der Waals surface area contributed by atoms with Crippen molar-refractivity contribution in [2.75, 3.05) is 0 Å². The number of carbonyl (C=O) groups excluding carboxylic acids is 2. The first-order valence-corrected chi connectivity index (χ1v) is 5.80. The van der Waals surface area contributed by atoms with E-state index in [1.54, 1.807) is 6.08 Å². The number of aryl methyl sites for hydroxylation is 1. The molecular weight excluding hydrogens is 252 g/mol. The molecule has 2 rings (SSSR count). The lowest BCUT2D eigenvalue weighted by Crippen LogP contribution is -1.83. The minimum Gasteiger partial charge on any atom is -0.262 e.